The van der Waals surface area contributed by atoms with Crippen LogP contribution in [0.15, 0.2) is 0 Å². The molecule has 0 saturated carbocycles. The van der Waals surface area contributed by atoms with Crippen molar-refractivity contribution >= 4 is 0 Å². The predicted octanol–water partition coefficient (Wildman–Crippen LogP) is 1.39. The zero-order chi connectivity index (χ0) is 6.53. The molecule has 1 aliphatic rings. The van der Waals surface area contributed by atoms with Gasteiger partial charge in [-0.15, -0.1) is 12.3 Å². The van der Waals surface area contributed by atoms with Gasteiger partial charge in [-0.25, -0.2) is 0 Å². The highest BCUT2D eigenvalue weighted by Crippen LogP contribution is 2.15. The summed E-state index contributed by atoms with van der Waals surface area (Å²) < 4.78 is 5.15. The van der Waals surface area contributed by atoms with Gasteiger partial charge in [-0.2, -0.15) is 0 Å². The molecule has 1 radical (unpaired) electrons. The minimum atomic E-state index is 0.415. The molecule has 0 aromatic carbocycles. The predicted molar refractivity (Wildman–Crippen MR) is 36.7 cm³/mol. The van der Waals surface area contributed by atoms with Crippen molar-refractivity contribution in [3.63, 3.8) is 0 Å². The zero-order valence-corrected chi connectivity index (χ0v) is 5.47. The van der Waals surface area contributed by atoms with Crippen molar-refractivity contribution in [2.75, 3.05) is 6.61 Å². The maximum Gasteiger partial charge on any atom is 0.0629 e. The van der Waals surface area contributed by atoms with Crippen molar-refractivity contribution in [3.8, 4) is 12.3 Å². The molecule has 1 heteroatoms. The smallest absolute Gasteiger partial charge is 0.0629 e. The first-order chi connectivity index (χ1) is 4.43. The van der Waals surface area contributed by atoms with Gasteiger partial charge in [-0.1, -0.05) is 0 Å². The van der Waals surface area contributed by atoms with Crippen LogP contribution in [0.1, 0.15) is 19.3 Å². The van der Waals surface area contributed by atoms with Gasteiger partial charge in [0.2, 0.25) is 0 Å². The summed E-state index contributed by atoms with van der Waals surface area (Å²) in [7, 11) is 0. The van der Waals surface area contributed by atoms with Crippen LogP contribution < -0.4 is 0 Å². The maximum absolute atomic E-state index is 5.15. The third kappa shape index (κ3) is 2.07. The minimum Gasteiger partial charge on any atom is -0.378 e. The summed E-state index contributed by atoms with van der Waals surface area (Å²) in [5.74, 6) is 2.58. The Hall–Kier alpha value is -0.480. The lowest BCUT2D eigenvalue weighted by Crippen LogP contribution is -2.26. The highest BCUT2D eigenvalue weighted by Gasteiger charge is 2.16. The first-order valence-corrected chi connectivity index (χ1v) is 3.32. The molecule has 0 aromatic heterocycles. The van der Waals surface area contributed by atoms with E-state index < -0.39 is 0 Å². The zero-order valence-electron chi connectivity index (χ0n) is 5.47. The van der Waals surface area contributed by atoms with Gasteiger partial charge in [0.1, 0.15) is 0 Å². The van der Waals surface area contributed by atoms with E-state index in [4.69, 9.17) is 11.2 Å². The Kier molecular flexibility index (Phi) is 2.60. The number of rotatable bonds is 3. The molecule has 49 valence electrons. The second-order valence-corrected chi connectivity index (χ2v) is 2.18. The van der Waals surface area contributed by atoms with Crippen LogP contribution >= 0.6 is 0 Å². The molecule has 0 spiro atoms. The summed E-state index contributed by atoms with van der Waals surface area (Å²) in [5.41, 5.74) is 0. The molecule has 0 N–H and O–H groups in total. The highest BCUT2D eigenvalue weighted by atomic mass is 16.5. The Labute approximate surface area is 56.4 Å². The quantitative estimate of drug-likeness (QED) is 0.407. The molecule has 1 heterocycles. The Balaban J connectivity index is 1.87. The first-order valence-electron chi connectivity index (χ1n) is 3.32. The number of hydrogen-bond donors (Lipinski definition) is 0. The highest BCUT2D eigenvalue weighted by molar-refractivity contribution is 4.90. The molecule has 1 unspecified atom stereocenters. The summed E-state index contributed by atoms with van der Waals surface area (Å²) in [5, 5.41) is 0. The number of hydrogen-bond acceptors (Lipinski definition) is 1. The van der Waals surface area contributed by atoms with Crippen molar-refractivity contribution in [1.82, 2.24) is 0 Å². The fourth-order valence-corrected chi connectivity index (χ4v) is 0.792. The minimum absolute atomic E-state index is 0.415. The van der Waals surface area contributed by atoms with Gasteiger partial charge in [0.05, 0.1) is 6.10 Å². The molecule has 1 rings (SSSR count). The van der Waals surface area contributed by atoms with Gasteiger partial charge >= 0.3 is 0 Å². The molecule has 0 amide bonds. The topological polar surface area (TPSA) is 9.23 Å². The van der Waals surface area contributed by atoms with Gasteiger partial charge < -0.3 is 4.74 Å². The summed E-state index contributed by atoms with van der Waals surface area (Å²) in [6.07, 6.45) is 10.7. The molecule has 1 saturated heterocycles. The Bertz CT molecular complexity index is 108. The van der Waals surface area contributed by atoms with E-state index in [1.165, 1.54) is 6.42 Å². The molecule has 1 fully saturated rings. The fraction of sp³-hybridized carbons (Fsp3) is 0.625. The number of ether oxygens (including phenoxy) is 1. The van der Waals surface area contributed by atoms with E-state index in [0.29, 0.717) is 6.10 Å². The molecule has 0 aliphatic carbocycles. The SMILES string of the molecule is C#CCC[CH]C1CCO1. The van der Waals surface area contributed by atoms with Crippen molar-refractivity contribution in [1.29, 1.82) is 0 Å². The van der Waals surface area contributed by atoms with Crippen molar-refractivity contribution in [2.45, 2.75) is 25.4 Å². The maximum atomic E-state index is 5.15. The number of terminal acetylenes is 1. The van der Waals surface area contributed by atoms with Crippen LogP contribution in [0.2, 0.25) is 0 Å². The van der Waals surface area contributed by atoms with E-state index in [2.05, 4.69) is 12.3 Å². The second kappa shape index (κ2) is 3.53. The monoisotopic (exact) mass is 123 g/mol. The number of unbranched alkanes of at least 4 members (excludes halogenated alkanes) is 1. The van der Waals surface area contributed by atoms with E-state index in [1.54, 1.807) is 0 Å². The van der Waals surface area contributed by atoms with Gasteiger partial charge in [-0.05, 0) is 19.3 Å². The lowest BCUT2D eigenvalue weighted by molar-refractivity contribution is -0.0304. The molecule has 1 atom stereocenters. The van der Waals surface area contributed by atoms with E-state index in [-0.39, 0.29) is 0 Å². The van der Waals surface area contributed by atoms with Crippen molar-refractivity contribution < 1.29 is 4.74 Å². The van der Waals surface area contributed by atoms with Gasteiger partial charge in [0.25, 0.3) is 0 Å². The average molecular weight is 123 g/mol. The first kappa shape index (κ1) is 6.64. The van der Waals surface area contributed by atoms with Gasteiger partial charge in [0, 0.05) is 13.0 Å². The lowest BCUT2D eigenvalue weighted by atomic mass is 10.1. The summed E-state index contributed by atoms with van der Waals surface area (Å²) in [6.45, 7) is 0.928. The molecule has 0 bridgehead atoms. The molecule has 9 heavy (non-hydrogen) atoms. The van der Waals surface area contributed by atoms with Crippen LogP contribution in [0.5, 0.6) is 0 Å². The van der Waals surface area contributed by atoms with E-state index >= 15 is 0 Å². The van der Waals surface area contributed by atoms with Crippen LogP contribution in [-0.4, -0.2) is 12.7 Å². The van der Waals surface area contributed by atoms with Crippen molar-refractivity contribution in [2.24, 2.45) is 0 Å². The molecule has 1 nitrogen and oxygen atoms in total. The summed E-state index contributed by atoms with van der Waals surface area (Å²) in [6, 6.07) is 0. The second-order valence-electron chi connectivity index (χ2n) is 2.18. The normalized spacial score (nSPS) is 24.6. The van der Waals surface area contributed by atoms with Crippen LogP contribution in [-0.2, 0) is 4.74 Å². The summed E-state index contributed by atoms with van der Waals surface area (Å²) in [4.78, 5) is 0. The largest absolute Gasteiger partial charge is 0.378 e. The van der Waals surface area contributed by atoms with Crippen LogP contribution in [0, 0.1) is 18.8 Å². The molecule has 0 aromatic rings. The Morgan fingerprint density at radius 2 is 2.56 bits per heavy atom. The van der Waals surface area contributed by atoms with Crippen molar-refractivity contribution in [3.05, 3.63) is 6.42 Å². The van der Waals surface area contributed by atoms with Gasteiger partial charge in [0.15, 0.2) is 0 Å². The molecular weight excluding hydrogens is 112 g/mol. The van der Waals surface area contributed by atoms with E-state index in [1.807, 2.05) is 0 Å². The third-order valence-electron chi connectivity index (χ3n) is 1.45. The molecular formula is C8H11O. The average Bonchev–Trinajstić information content (AvgIpc) is 1.76. The molecule has 1 aliphatic heterocycles. The van der Waals surface area contributed by atoms with Crippen LogP contribution in [0.25, 0.3) is 0 Å². The summed E-state index contributed by atoms with van der Waals surface area (Å²) >= 11 is 0. The van der Waals surface area contributed by atoms with Gasteiger partial charge in [-0.3, -0.25) is 0 Å². The Morgan fingerprint density at radius 3 is 3.00 bits per heavy atom. The third-order valence-corrected chi connectivity index (χ3v) is 1.45. The standard InChI is InChI=1S/C8H11O/c1-2-3-4-5-8-6-7-9-8/h1,5,8H,3-4,6-7H2. The Morgan fingerprint density at radius 1 is 1.78 bits per heavy atom. The van der Waals surface area contributed by atoms with Crippen LogP contribution in [0.3, 0.4) is 0 Å². The lowest BCUT2D eigenvalue weighted by Gasteiger charge is -2.25. The van der Waals surface area contributed by atoms with Crippen LogP contribution in [0.4, 0.5) is 0 Å². The fourth-order valence-electron chi connectivity index (χ4n) is 0.792. The van der Waals surface area contributed by atoms with E-state index in [0.717, 1.165) is 19.4 Å². The van der Waals surface area contributed by atoms with E-state index in [9.17, 15) is 0 Å².